The molecular weight excluding hydrogens is 382 g/mol. The lowest BCUT2D eigenvalue weighted by molar-refractivity contribution is -0.136. The fourth-order valence-corrected chi connectivity index (χ4v) is 5.70. The van der Waals surface area contributed by atoms with Crippen LogP contribution in [0.25, 0.3) is 0 Å². The largest absolute Gasteiger partial charge is 0.355 e. The lowest BCUT2D eigenvalue weighted by Crippen LogP contribution is -2.45. The second-order valence-corrected chi connectivity index (χ2v) is 9.55. The molecule has 0 radical (unpaired) electrons. The van der Waals surface area contributed by atoms with Gasteiger partial charge in [0.15, 0.2) is 5.84 Å². The fourth-order valence-electron chi connectivity index (χ4n) is 3.71. The summed E-state index contributed by atoms with van der Waals surface area (Å²) >= 11 is 1.64. The molecule has 1 saturated heterocycles. The molecule has 0 aliphatic carbocycles. The van der Waals surface area contributed by atoms with Crippen molar-refractivity contribution in [2.45, 2.75) is 24.3 Å². The zero-order valence-corrected chi connectivity index (χ0v) is 16.7. The molecule has 142 valence electrons. The standard InChI is InChI=1S/C19H21N3O3S2/c1-21(13-15-7-5-11-26-15)19(23)14-6-4-10-22(12-14)18-16-8-2-3-9-17(16)27(24,25)20-18/h2-3,5,7-9,11,14H,4,6,10,12-13H2,1H3/t14-/m0/s1. The number of fused-ring (bicyclic) bond motifs is 1. The molecule has 1 amide bonds. The molecule has 0 bridgehead atoms. The zero-order valence-electron chi connectivity index (χ0n) is 15.0. The Kier molecular flexibility index (Phi) is 4.77. The van der Waals surface area contributed by atoms with Crippen LogP contribution in [0, 0.1) is 5.92 Å². The third kappa shape index (κ3) is 3.51. The number of benzene rings is 1. The SMILES string of the molecule is CN(Cc1cccs1)C(=O)[C@H]1CCCN(C2=NS(=O)(=O)c3ccccc32)C1. The van der Waals surface area contributed by atoms with Crippen molar-refractivity contribution < 1.29 is 13.2 Å². The van der Waals surface area contributed by atoms with Crippen LogP contribution >= 0.6 is 11.3 Å². The van der Waals surface area contributed by atoms with Gasteiger partial charge in [0, 0.05) is 30.6 Å². The molecule has 1 aromatic carbocycles. The first kappa shape index (κ1) is 18.2. The van der Waals surface area contributed by atoms with Crippen LogP contribution in [-0.4, -0.2) is 50.1 Å². The van der Waals surface area contributed by atoms with Crippen LogP contribution in [0.3, 0.4) is 0 Å². The summed E-state index contributed by atoms with van der Waals surface area (Å²) in [6, 6.07) is 10.9. The number of nitrogens with zero attached hydrogens (tertiary/aromatic N) is 3. The van der Waals surface area contributed by atoms with Gasteiger partial charge >= 0.3 is 0 Å². The molecule has 8 heteroatoms. The Morgan fingerprint density at radius 1 is 1.30 bits per heavy atom. The lowest BCUT2D eigenvalue weighted by Gasteiger charge is -2.35. The third-order valence-corrected chi connectivity index (χ3v) is 7.22. The number of hydrogen-bond donors (Lipinski definition) is 0. The number of sulfonamides is 1. The van der Waals surface area contributed by atoms with Gasteiger partial charge in [-0.1, -0.05) is 18.2 Å². The van der Waals surface area contributed by atoms with Gasteiger partial charge < -0.3 is 9.80 Å². The Bertz CT molecular complexity index is 983. The van der Waals surface area contributed by atoms with Crippen molar-refractivity contribution in [3.05, 3.63) is 52.2 Å². The second-order valence-electron chi connectivity index (χ2n) is 6.94. The van der Waals surface area contributed by atoms with E-state index in [1.807, 2.05) is 35.5 Å². The number of hydrogen-bond acceptors (Lipinski definition) is 5. The van der Waals surface area contributed by atoms with E-state index in [0.717, 1.165) is 17.7 Å². The highest BCUT2D eigenvalue weighted by atomic mass is 32.2. The van der Waals surface area contributed by atoms with Gasteiger partial charge in [0.1, 0.15) is 4.90 Å². The predicted molar refractivity (Wildman–Crippen MR) is 105 cm³/mol. The van der Waals surface area contributed by atoms with Crippen LogP contribution in [0.5, 0.6) is 0 Å². The Balaban J connectivity index is 1.51. The monoisotopic (exact) mass is 403 g/mol. The van der Waals surface area contributed by atoms with E-state index in [2.05, 4.69) is 4.40 Å². The van der Waals surface area contributed by atoms with Gasteiger partial charge in [0.25, 0.3) is 10.0 Å². The minimum absolute atomic E-state index is 0.0999. The van der Waals surface area contributed by atoms with Crippen molar-refractivity contribution >= 4 is 33.1 Å². The Labute approximate surface area is 163 Å². The van der Waals surface area contributed by atoms with Crippen LogP contribution in [0.4, 0.5) is 0 Å². The maximum Gasteiger partial charge on any atom is 0.285 e. The summed E-state index contributed by atoms with van der Waals surface area (Å²) in [5.74, 6) is 0.425. The summed E-state index contributed by atoms with van der Waals surface area (Å²) in [7, 11) is -1.81. The highest BCUT2D eigenvalue weighted by Crippen LogP contribution is 2.30. The van der Waals surface area contributed by atoms with Crippen molar-refractivity contribution in [1.29, 1.82) is 0 Å². The highest BCUT2D eigenvalue weighted by Gasteiger charge is 2.35. The Morgan fingerprint density at radius 3 is 2.89 bits per heavy atom. The van der Waals surface area contributed by atoms with Gasteiger partial charge in [-0.3, -0.25) is 4.79 Å². The molecule has 2 aromatic rings. The van der Waals surface area contributed by atoms with E-state index in [9.17, 15) is 13.2 Å². The third-order valence-electron chi connectivity index (χ3n) is 5.03. The quantitative estimate of drug-likeness (QED) is 0.790. The van der Waals surface area contributed by atoms with E-state index < -0.39 is 10.0 Å². The first-order valence-electron chi connectivity index (χ1n) is 8.92. The van der Waals surface area contributed by atoms with E-state index in [0.29, 0.717) is 31.0 Å². The molecule has 0 unspecified atom stereocenters. The molecule has 1 atom stereocenters. The van der Waals surface area contributed by atoms with Gasteiger partial charge in [-0.2, -0.15) is 8.42 Å². The number of carbonyl (C=O) groups is 1. The molecule has 2 aliphatic rings. The van der Waals surface area contributed by atoms with E-state index in [1.54, 1.807) is 34.4 Å². The Morgan fingerprint density at radius 2 is 2.11 bits per heavy atom. The van der Waals surface area contributed by atoms with Crippen LogP contribution in [0.15, 0.2) is 51.1 Å². The summed E-state index contributed by atoms with van der Waals surface area (Å²) in [5.41, 5.74) is 0.637. The fraction of sp³-hybridized carbons (Fsp3) is 0.368. The maximum atomic E-state index is 12.9. The van der Waals surface area contributed by atoms with Gasteiger partial charge in [-0.15, -0.1) is 15.7 Å². The molecule has 6 nitrogen and oxygen atoms in total. The number of carbonyl (C=O) groups excluding carboxylic acids is 1. The topological polar surface area (TPSA) is 70.1 Å². The van der Waals surface area contributed by atoms with Gasteiger partial charge in [0.2, 0.25) is 5.91 Å². The average Bonchev–Trinajstić information content (AvgIpc) is 3.27. The number of rotatable bonds is 3. The van der Waals surface area contributed by atoms with E-state index in [1.165, 1.54) is 0 Å². The number of likely N-dealkylation sites (tertiary alicyclic amines) is 1. The van der Waals surface area contributed by atoms with Crippen molar-refractivity contribution in [2.24, 2.45) is 10.3 Å². The van der Waals surface area contributed by atoms with Crippen molar-refractivity contribution in [2.75, 3.05) is 20.1 Å². The smallest absolute Gasteiger partial charge is 0.285 e. The molecule has 0 saturated carbocycles. The molecule has 0 spiro atoms. The molecule has 27 heavy (non-hydrogen) atoms. The number of amides is 1. The predicted octanol–water partition coefficient (Wildman–Crippen LogP) is 2.57. The van der Waals surface area contributed by atoms with Crippen LogP contribution in [0.2, 0.25) is 0 Å². The summed E-state index contributed by atoms with van der Waals surface area (Å²) in [6.07, 6.45) is 1.65. The first-order valence-corrected chi connectivity index (χ1v) is 11.2. The highest BCUT2D eigenvalue weighted by molar-refractivity contribution is 7.90. The van der Waals surface area contributed by atoms with Gasteiger partial charge in [-0.25, -0.2) is 0 Å². The molecule has 1 fully saturated rings. The van der Waals surface area contributed by atoms with Crippen molar-refractivity contribution in [3.8, 4) is 0 Å². The molecule has 3 heterocycles. The Hall–Kier alpha value is -2.19. The molecule has 4 rings (SSSR count). The molecule has 0 N–H and O–H groups in total. The number of thiophene rings is 1. The van der Waals surface area contributed by atoms with E-state index >= 15 is 0 Å². The number of amidine groups is 1. The van der Waals surface area contributed by atoms with Gasteiger partial charge in [0.05, 0.1) is 12.5 Å². The summed E-state index contributed by atoms with van der Waals surface area (Å²) in [6.45, 7) is 1.81. The second kappa shape index (κ2) is 7.09. The lowest BCUT2D eigenvalue weighted by atomic mass is 9.96. The number of piperidine rings is 1. The van der Waals surface area contributed by atoms with Gasteiger partial charge in [-0.05, 0) is 36.4 Å². The van der Waals surface area contributed by atoms with Crippen LogP contribution in [-0.2, 0) is 21.4 Å². The van der Waals surface area contributed by atoms with Crippen LogP contribution < -0.4 is 0 Å². The first-order chi connectivity index (χ1) is 13.0. The van der Waals surface area contributed by atoms with E-state index in [-0.39, 0.29) is 16.7 Å². The van der Waals surface area contributed by atoms with Crippen molar-refractivity contribution in [3.63, 3.8) is 0 Å². The summed E-state index contributed by atoms with van der Waals surface area (Å²) in [4.78, 5) is 18.0. The van der Waals surface area contributed by atoms with Crippen molar-refractivity contribution in [1.82, 2.24) is 9.80 Å². The minimum Gasteiger partial charge on any atom is -0.355 e. The van der Waals surface area contributed by atoms with Crippen LogP contribution in [0.1, 0.15) is 23.3 Å². The van der Waals surface area contributed by atoms with E-state index in [4.69, 9.17) is 0 Å². The minimum atomic E-state index is -3.64. The molecule has 2 aliphatic heterocycles. The zero-order chi connectivity index (χ0) is 19.0. The maximum absolute atomic E-state index is 12.9. The molecular formula is C19H21N3O3S2. The average molecular weight is 404 g/mol. The summed E-state index contributed by atoms with van der Waals surface area (Å²) in [5, 5.41) is 2.01. The summed E-state index contributed by atoms with van der Waals surface area (Å²) < 4.78 is 28.6. The normalized spacial score (nSPS) is 20.9. The molecule has 1 aromatic heterocycles.